The Morgan fingerprint density at radius 2 is 1.08 bits per heavy atom. The first-order chi connectivity index (χ1) is 11.6. The maximum absolute atomic E-state index is 11.8. The fourth-order valence-corrected chi connectivity index (χ4v) is 2.26. The maximum atomic E-state index is 11.8. The van der Waals surface area contributed by atoms with Crippen molar-refractivity contribution in [3.8, 4) is 0 Å². The van der Waals surface area contributed by atoms with E-state index < -0.39 is 5.97 Å². The summed E-state index contributed by atoms with van der Waals surface area (Å²) in [6, 6.07) is 25.2. The SMILES string of the molecule is O=C(O)c1ccccc1S.O=C(c1ccccc1)c1ccccc1. The van der Waals surface area contributed by atoms with Gasteiger partial charge in [0.05, 0.1) is 5.56 Å². The van der Waals surface area contributed by atoms with Crippen LogP contribution in [0.15, 0.2) is 89.8 Å². The predicted molar refractivity (Wildman–Crippen MR) is 97.0 cm³/mol. The summed E-state index contributed by atoms with van der Waals surface area (Å²) in [5, 5.41) is 8.52. The van der Waals surface area contributed by atoms with Gasteiger partial charge in [-0.05, 0) is 12.1 Å². The minimum atomic E-state index is -0.939. The van der Waals surface area contributed by atoms with E-state index >= 15 is 0 Å². The van der Waals surface area contributed by atoms with Gasteiger partial charge in [0, 0.05) is 16.0 Å². The lowest BCUT2D eigenvalue weighted by atomic mass is 10.0. The number of rotatable bonds is 3. The zero-order valence-corrected chi connectivity index (χ0v) is 13.7. The third kappa shape index (κ3) is 4.83. The second kappa shape index (κ2) is 8.70. The van der Waals surface area contributed by atoms with E-state index in [4.69, 9.17) is 5.11 Å². The van der Waals surface area contributed by atoms with Crippen molar-refractivity contribution in [2.24, 2.45) is 0 Å². The van der Waals surface area contributed by atoms with Gasteiger partial charge < -0.3 is 5.11 Å². The summed E-state index contributed by atoms with van der Waals surface area (Å²) >= 11 is 3.96. The average molecular weight is 336 g/mol. The molecule has 0 aliphatic carbocycles. The predicted octanol–water partition coefficient (Wildman–Crippen LogP) is 4.59. The molecule has 0 heterocycles. The van der Waals surface area contributed by atoms with Gasteiger partial charge in [-0.15, -0.1) is 12.6 Å². The Balaban J connectivity index is 0.000000185. The highest BCUT2D eigenvalue weighted by molar-refractivity contribution is 7.80. The van der Waals surface area contributed by atoms with Gasteiger partial charge in [-0.3, -0.25) is 4.79 Å². The molecule has 24 heavy (non-hydrogen) atoms. The molecule has 3 aromatic rings. The molecule has 0 aromatic heterocycles. The van der Waals surface area contributed by atoms with Crippen molar-refractivity contribution >= 4 is 24.4 Å². The molecule has 1 N–H and O–H groups in total. The molecule has 4 heteroatoms. The van der Waals surface area contributed by atoms with Crippen molar-refractivity contribution in [1.29, 1.82) is 0 Å². The van der Waals surface area contributed by atoms with Gasteiger partial charge in [0.15, 0.2) is 5.78 Å². The monoisotopic (exact) mass is 336 g/mol. The molecule has 120 valence electrons. The van der Waals surface area contributed by atoms with Gasteiger partial charge in [-0.1, -0.05) is 72.8 Å². The Hall–Kier alpha value is -2.85. The van der Waals surface area contributed by atoms with Crippen molar-refractivity contribution in [3.05, 3.63) is 102 Å². The summed E-state index contributed by atoms with van der Waals surface area (Å²) in [7, 11) is 0. The number of ketones is 1. The Bertz CT molecular complexity index is 773. The number of carboxylic acid groups (broad SMARTS) is 1. The summed E-state index contributed by atoms with van der Waals surface area (Å²) < 4.78 is 0. The minimum Gasteiger partial charge on any atom is -0.478 e. The van der Waals surface area contributed by atoms with E-state index in [1.54, 1.807) is 18.2 Å². The molecule has 0 fully saturated rings. The molecule has 3 nitrogen and oxygen atoms in total. The Morgan fingerprint density at radius 1 is 0.667 bits per heavy atom. The van der Waals surface area contributed by atoms with Gasteiger partial charge in [0.1, 0.15) is 0 Å². The first-order valence-corrected chi connectivity index (χ1v) is 7.70. The Labute approximate surface area is 146 Å². The van der Waals surface area contributed by atoms with Crippen molar-refractivity contribution in [2.45, 2.75) is 4.90 Å². The van der Waals surface area contributed by atoms with Gasteiger partial charge in [-0.2, -0.15) is 0 Å². The molecule has 3 rings (SSSR count). The second-order valence-corrected chi connectivity index (χ2v) is 5.37. The molecule has 0 atom stereocenters. The largest absolute Gasteiger partial charge is 0.478 e. The second-order valence-electron chi connectivity index (χ2n) is 4.88. The van der Waals surface area contributed by atoms with E-state index in [9.17, 15) is 9.59 Å². The standard InChI is InChI=1S/C13H10O.C7H6O2S/c14-13(11-7-3-1-4-8-11)12-9-5-2-6-10-12;8-7(9)5-3-1-2-4-6(5)10/h1-10H;1-4,10H,(H,8,9). The zero-order chi connectivity index (χ0) is 17.4. The quantitative estimate of drug-likeness (QED) is 0.543. The lowest BCUT2D eigenvalue weighted by molar-refractivity contribution is 0.0693. The summed E-state index contributed by atoms with van der Waals surface area (Å²) in [4.78, 5) is 22.7. The summed E-state index contributed by atoms with van der Waals surface area (Å²) in [5.74, 6) is -0.864. The average Bonchev–Trinajstić information content (AvgIpc) is 2.63. The normalized spacial score (nSPS) is 9.54. The van der Waals surface area contributed by atoms with Crippen LogP contribution < -0.4 is 0 Å². The fraction of sp³-hybridized carbons (Fsp3) is 0. The van der Waals surface area contributed by atoms with Crippen molar-refractivity contribution in [3.63, 3.8) is 0 Å². The highest BCUT2D eigenvalue weighted by Crippen LogP contribution is 2.11. The highest BCUT2D eigenvalue weighted by Gasteiger charge is 2.06. The molecule has 0 saturated carbocycles. The summed E-state index contributed by atoms with van der Waals surface area (Å²) in [6.45, 7) is 0. The van der Waals surface area contributed by atoms with Gasteiger partial charge >= 0.3 is 5.97 Å². The van der Waals surface area contributed by atoms with Crippen molar-refractivity contribution in [1.82, 2.24) is 0 Å². The van der Waals surface area contributed by atoms with Crippen LogP contribution >= 0.6 is 12.6 Å². The first-order valence-electron chi connectivity index (χ1n) is 7.25. The highest BCUT2D eigenvalue weighted by atomic mass is 32.1. The molecule has 0 radical (unpaired) electrons. The number of hydrogen-bond donors (Lipinski definition) is 2. The fourth-order valence-electron chi connectivity index (χ4n) is 2.00. The van der Waals surface area contributed by atoms with E-state index in [0.717, 1.165) is 11.1 Å². The van der Waals surface area contributed by atoms with Crippen LogP contribution in [0.4, 0.5) is 0 Å². The van der Waals surface area contributed by atoms with E-state index in [1.807, 2.05) is 60.7 Å². The summed E-state index contributed by atoms with van der Waals surface area (Å²) in [5.41, 5.74) is 1.71. The van der Waals surface area contributed by atoms with Crippen LogP contribution in [0.2, 0.25) is 0 Å². The molecule has 0 unspecified atom stereocenters. The molecule has 0 bridgehead atoms. The molecular weight excluding hydrogens is 320 g/mol. The number of thiol groups is 1. The van der Waals surface area contributed by atoms with Crippen molar-refractivity contribution < 1.29 is 14.7 Å². The third-order valence-electron chi connectivity index (χ3n) is 3.21. The lowest BCUT2D eigenvalue weighted by Gasteiger charge is -1.99. The number of carbonyl (C=O) groups is 2. The topological polar surface area (TPSA) is 54.4 Å². The number of hydrogen-bond acceptors (Lipinski definition) is 3. The molecule has 3 aromatic carbocycles. The molecule has 0 saturated heterocycles. The molecular formula is C20H16O3S. The van der Waals surface area contributed by atoms with Crippen LogP contribution in [0.3, 0.4) is 0 Å². The Morgan fingerprint density at radius 3 is 1.46 bits per heavy atom. The number of carbonyl (C=O) groups excluding carboxylic acids is 1. The molecule has 0 aliphatic heterocycles. The van der Waals surface area contributed by atoms with E-state index in [-0.39, 0.29) is 11.3 Å². The number of carboxylic acids is 1. The van der Waals surface area contributed by atoms with Gasteiger partial charge in [0.25, 0.3) is 0 Å². The van der Waals surface area contributed by atoms with Crippen LogP contribution in [0.25, 0.3) is 0 Å². The molecule has 0 spiro atoms. The van der Waals surface area contributed by atoms with Crippen LogP contribution in [0.1, 0.15) is 26.3 Å². The van der Waals surface area contributed by atoms with E-state index in [0.29, 0.717) is 4.90 Å². The van der Waals surface area contributed by atoms with E-state index in [2.05, 4.69) is 12.6 Å². The first kappa shape index (κ1) is 17.5. The summed E-state index contributed by atoms with van der Waals surface area (Å²) in [6.07, 6.45) is 0. The number of aromatic carboxylic acids is 1. The lowest BCUT2D eigenvalue weighted by Crippen LogP contribution is -1.99. The van der Waals surface area contributed by atoms with Crippen molar-refractivity contribution in [2.75, 3.05) is 0 Å². The van der Waals surface area contributed by atoms with E-state index in [1.165, 1.54) is 6.07 Å². The molecule has 0 amide bonds. The maximum Gasteiger partial charge on any atom is 0.336 e. The minimum absolute atomic E-state index is 0.0752. The smallest absolute Gasteiger partial charge is 0.336 e. The van der Waals surface area contributed by atoms with Gasteiger partial charge in [-0.25, -0.2) is 4.79 Å². The van der Waals surface area contributed by atoms with Crippen LogP contribution in [0.5, 0.6) is 0 Å². The van der Waals surface area contributed by atoms with Crippen LogP contribution in [-0.4, -0.2) is 16.9 Å². The molecule has 0 aliphatic rings. The van der Waals surface area contributed by atoms with Crippen LogP contribution in [-0.2, 0) is 0 Å². The zero-order valence-electron chi connectivity index (χ0n) is 12.8. The van der Waals surface area contributed by atoms with Gasteiger partial charge in [0.2, 0.25) is 0 Å². The van der Waals surface area contributed by atoms with Crippen LogP contribution in [0, 0.1) is 0 Å². The third-order valence-corrected chi connectivity index (χ3v) is 3.60. The Kier molecular flexibility index (Phi) is 6.34. The number of benzene rings is 3.